The number of hydrogen-bond donors (Lipinski definition) is 0. The third kappa shape index (κ3) is 2.83. The van der Waals surface area contributed by atoms with Crippen molar-refractivity contribution in [2.75, 3.05) is 0 Å². The molecule has 0 fully saturated rings. The Morgan fingerprint density at radius 2 is 1.83 bits per heavy atom. The van der Waals surface area contributed by atoms with Gasteiger partial charge in [0, 0.05) is 12.2 Å². The smallest absolute Gasteiger partial charge is 0.168 e. The van der Waals surface area contributed by atoms with Gasteiger partial charge in [-0.05, 0) is 24.6 Å². The van der Waals surface area contributed by atoms with Gasteiger partial charge in [-0.1, -0.05) is 12.1 Å². The summed E-state index contributed by atoms with van der Waals surface area (Å²) in [5.41, 5.74) is 0.747. The van der Waals surface area contributed by atoms with Gasteiger partial charge in [-0.25, -0.2) is 8.78 Å². The summed E-state index contributed by atoms with van der Waals surface area (Å²) in [7, 11) is 0. The molecule has 0 N–H and O–H groups in total. The van der Waals surface area contributed by atoms with E-state index in [0.29, 0.717) is 0 Å². The van der Waals surface area contributed by atoms with E-state index in [4.69, 9.17) is 4.74 Å². The van der Waals surface area contributed by atoms with Gasteiger partial charge >= 0.3 is 0 Å². The van der Waals surface area contributed by atoms with Gasteiger partial charge in [0.05, 0.1) is 5.92 Å². The van der Waals surface area contributed by atoms with Crippen molar-refractivity contribution in [2.24, 2.45) is 5.92 Å². The molecule has 0 saturated heterocycles. The number of rotatable bonds is 3. The molecule has 0 saturated carbocycles. The van der Waals surface area contributed by atoms with Crippen LogP contribution in [-0.2, 0) is 16.1 Å². The van der Waals surface area contributed by atoms with E-state index in [9.17, 15) is 13.6 Å². The monoisotopic (exact) mass is 250 g/mol. The Hall–Kier alpha value is -1.97. The van der Waals surface area contributed by atoms with E-state index in [2.05, 4.69) is 0 Å². The van der Waals surface area contributed by atoms with Gasteiger partial charge in [0.2, 0.25) is 0 Å². The van der Waals surface area contributed by atoms with E-state index in [1.54, 1.807) is 12.1 Å². The Bertz CT molecular complexity index is 515. The highest BCUT2D eigenvalue weighted by Gasteiger charge is 2.21. The van der Waals surface area contributed by atoms with E-state index in [1.807, 2.05) is 0 Å². The summed E-state index contributed by atoms with van der Waals surface area (Å²) in [6, 6.07) is 5.78. The topological polar surface area (TPSA) is 26.3 Å². The van der Waals surface area contributed by atoms with Crippen LogP contribution in [0.5, 0.6) is 0 Å². The second-order valence-corrected chi connectivity index (χ2v) is 4.12. The van der Waals surface area contributed by atoms with Crippen molar-refractivity contribution in [3.8, 4) is 0 Å². The molecular formula is C14H12F2O2. The summed E-state index contributed by atoms with van der Waals surface area (Å²) in [6.07, 6.45) is 2.48. The average molecular weight is 250 g/mol. The SMILES string of the molecule is CC1C(=O)C=C(OCc2ccc(F)cc2)C=C1F. The fourth-order valence-electron chi connectivity index (χ4n) is 1.53. The maximum absolute atomic E-state index is 13.3. The van der Waals surface area contributed by atoms with Crippen LogP contribution in [-0.4, -0.2) is 5.78 Å². The summed E-state index contributed by atoms with van der Waals surface area (Å²) >= 11 is 0. The molecule has 1 aromatic rings. The first kappa shape index (κ1) is 12.5. The van der Waals surface area contributed by atoms with Crippen molar-refractivity contribution in [1.29, 1.82) is 0 Å². The van der Waals surface area contributed by atoms with Gasteiger partial charge in [-0.2, -0.15) is 0 Å². The Labute approximate surface area is 104 Å². The third-order valence-corrected chi connectivity index (χ3v) is 2.72. The summed E-state index contributed by atoms with van der Waals surface area (Å²) in [6.45, 7) is 1.67. The summed E-state index contributed by atoms with van der Waals surface area (Å²) in [5.74, 6) is -1.69. The second kappa shape index (κ2) is 5.12. The molecule has 1 atom stereocenters. The number of allylic oxidation sites excluding steroid dienone is 3. The zero-order valence-electron chi connectivity index (χ0n) is 9.82. The standard InChI is InChI=1S/C14H12F2O2/c1-9-13(16)6-12(7-14(9)17)18-8-10-2-4-11(15)5-3-10/h2-7,9H,8H2,1H3. The van der Waals surface area contributed by atoms with Gasteiger partial charge in [0.25, 0.3) is 0 Å². The van der Waals surface area contributed by atoms with Crippen molar-refractivity contribution in [2.45, 2.75) is 13.5 Å². The average Bonchev–Trinajstić information content (AvgIpc) is 2.35. The summed E-state index contributed by atoms with van der Waals surface area (Å²) < 4.78 is 31.3. The maximum atomic E-state index is 13.3. The molecule has 1 aliphatic rings. The number of carbonyl (C=O) groups is 1. The van der Waals surface area contributed by atoms with Crippen LogP contribution in [0.15, 0.2) is 48.0 Å². The van der Waals surface area contributed by atoms with Crippen LogP contribution in [0.2, 0.25) is 0 Å². The molecule has 0 amide bonds. The third-order valence-electron chi connectivity index (χ3n) is 2.72. The van der Waals surface area contributed by atoms with Crippen LogP contribution < -0.4 is 0 Å². The zero-order valence-corrected chi connectivity index (χ0v) is 9.82. The number of hydrogen-bond acceptors (Lipinski definition) is 2. The van der Waals surface area contributed by atoms with Crippen molar-refractivity contribution in [1.82, 2.24) is 0 Å². The molecule has 1 aromatic carbocycles. The van der Waals surface area contributed by atoms with Crippen LogP contribution >= 0.6 is 0 Å². The van der Waals surface area contributed by atoms with E-state index in [1.165, 1.54) is 31.2 Å². The van der Waals surface area contributed by atoms with Crippen molar-refractivity contribution in [3.63, 3.8) is 0 Å². The van der Waals surface area contributed by atoms with E-state index >= 15 is 0 Å². The van der Waals surface area contributed by atoms with Crippen molar-refractivity contribution >= 4 is 5.78 Å². The highest BCUT2D eigenvalue weighted by atomic mass is 19.1. The highest BCUT2D eigenvalue weighted by Crippen LogP contribution is 2.23. The molecule has 94 valence electrons. The Morgan fingerprint density at radius 3 is 2.44 bits per heavy atom. The van der Waals surface area contributed by atoms with Gasteiger partial charge in [0.15, 0.2) is 5.78 Å². The predicted octanol–water partition coefficient (Wildman–Crippen LogP) is 3.30. The number of ether oxygens (including phenoxy) is 1. The lowest BCUT2D eigenvalue weighted by atomic mass is 9.99. The highest BCUT2D eigenvalue weighted by molar-refractivity contribution is 5.95. The normalized spacial score (nSPS) is 19.3. The predicted molar refractivity (Wildman–Crippen MR) is 62.6 cm³/mol. The summed E-state index contributed by atoms with van der Waals surface area (Å²) in [5, 5.41) is 0. The summed E-state index contributed by atoms with van der Waals surface area (Å²) in [4.78, 5) is 11.4. The Kier molecular flexibility index (Phi) is 3.55. The molecule has 0 spiro atoms. The molecule has 0 heterocycles. The van der Waals surface area contributed by atoms with Crippen LogP contribution in [0.1, 0.15) is 12.5 Å². The molecule has 0 aliphatic heterocycles. The minimum absolute atomic E-state index is 0.164. The first-order valence-corrected chi connectivity index (χ1v) is 5.56. The van der Waals surface area contributed by atoms with Gasteiger partial charge < -0.3 is 4.74 Å². The van der Waals surface area contributed by atoms with E-state index in [-0.39, 0.29) is 24.0 Å². The van der Waals surface area contributed by atoms with Crippen molar-refractivity contribution in [3.05, 3.63) is 59.4 Å². The molecule has 18 heavy (non-hydrogen) atoms. The largest absolute Gasteiger partial charge is 0.489 e. The number of ketones is 1. The fourth-order valence-corrected chi connectivity index (χ4v) is 1.53. The first-order chi connectivity index (χ1) is 8.56. The van der Waals surface area contributed by atoms with E-state index in [0.717, 1.165) is 5.56 Å². The molecule has 0 aromatic heterocycles. The van der Waals surface area contributed by atoms with Gasteiger partial charge in [-0.15, -0.1) is 0 Å². The zero-order chi connectivity index (χ0) is 13.1. The molecule has 1 unspecified atom stereocenters. The molecule has 1 aliphatic carbocycles. The molecule has 0 radical (unpaired) electrons. The lowest BCUT2D eigenvalue weighted by Gasteiger charge is -2.14. The number of carbonyl (C=O) groups excluding carboxylic acids is 1. The molecule has 2 nitrogen and oxygen atoms in total. The number of halogens is 2. The second-order valence-electron chi connectivity index (χ2n) is 4.12. The van der Waals surface area contributed by atoms with Gasteiger partial charge in [0.1, 0.15) is 24.0 Å². The Balaban J connectivity index is 2.01. The fraction of sp³-hybridized carbons (Fsp3) is 0.214. The molecule has 0 bridgehead atoms. The van der Waals surface area contributed by atoms with Crippen LogP contribution in [0.25, 0.3) is 0 Å². The van der Waals surface area contributed by atoms with Crippen LogP contribution in [0, 0.1) is 11.7 Å². The van der Waals surface area contributed by atoms with Crippen LogP contribution in [0.4, 0.5) is 8.78 Å². The molecule has 2 rings (SSSR count). The van der Waals surface area contributed by atoms with E-state index < -0.39 is 11.7 Å². The Morgan fingerprint density at radius 1 is 1.17 bits per heavy atom. The number of benzene rings is 1. The minimum Gasteiger partial charge on any atom is -0.489 e. The van der Waals surface area contributed by atoms with Crippen LogP contribution in [0.3, 0.4) is 0 Å². The minimum atomic E-state index is -0.733. The molecule has 4 heteroatoms. The quantitative estimate of drug-likeness (QED) is 0.822. The first-order valence-electron chi connectivity index (χ1n) is 5.56. The van der Waals surface area contributed by atoms with Gasteiger partial charge in [-0.3, -0.25) is 4.79 Å². The molecular weight excluding hydrogens is 238 g/mol. The lowest BCUT2D eigenvalue weighted by Crippen LogP contribution is -2.14. The van der Waals surface area contributed by atoms with Crippen molar-refractivity contribution < 1.29 is 18.3 Å². The lowest BCUT2D eigenvalue weighted by molar-refractivity contribution is -0.117. The maximum Gasteiger partial charge on any atom is 0.168 e.